The molecule has 1 aromatic carbocycles. The SMILES string of the molecule is CCOc1ccccc1CN1C(=O)c2cc3sccc3n2C[C@]1(C)C(=O)NC1CCCCCC1. The summed E-state index contributed by atoms with van der Waals surface area (Å²) in [4.78, 5) is 29.6. The molecule has 1 aliphatic carbocycles. The van der Waals surface area contributed by atoms with Gasteiger partial charge in [-0.3, -0.25) is 9.59 Å². The maximum atomic E-state index is 13.9. The molecule has 0 unspecified atom stereocenters. The number of para-hydroxylation sites is 1. The Hall–Kier alpha value is -2.80. The Balaban J connectivity index is 1.52. The second kappa shape index (κ2) is 9.45. The summed E-state index contributed by atoms with van der Waals surface area (Å²) in [5, 5.41) is 5.37. The zero-order valence-electron chi connectivity index (χ0n) is 20.0. The summed E-state index contributed by atoms with van der Waals surface area (Å²) in [5.41, 5.74) is 1.57. The zero-order chi connectivity index (χ0) is 23.7. The summed E-state index contributed by atoms with van der Waals surface area (Å²) >= 11 is 1.62. The van der Waals surface area contributed by atoms with Crippen molar-refractivity contribution in [2.24, 2.45) is 0 Å². The van der Waals surface area contributed by atoms with Gasteiger partial charge in [-0.2, -0.15) is 0 Å². The summed E-state index contributed by atoms with van der Waals surface area (Å²) in [7, 11) is 0. The van der Waals surface area contributed by atoms with Crippen molar-refractivity contribution < 1.29 is 14.3 Å². The van der Waals surface area contributed by atoms with E-state index in [2.05, 4.69) is 5.32 Å². The van der Waals surface area contributed by atoms with E-state index in [4.69, 9.17) is 4.74 Å². The van der Waals surface area contributed by atoms with Crippen LogP contribution in [0.2, 0.25) is 0 Å². The van der Waals surface area contributed by atoms with E-state index in [-0.39, 0.29) is 17.9 Å². The molecule has 3 aromatic rings. The van der Waals surface area contributed by atoms with Gasteiger partial charge in [-0.15, -0.1) is 11.3 Å². The van der Waals surface area contributed by atoms with Crippen LogP contribution in [0.15, 0.2) is 41.8 Å². The van der Waals surface area contributed by atoms with Gasteiger partial charge < -0.3 is 19.5 Å². The third-order valence-corrected chi connectivity index (χ3v) is 8.18. The standard InChI is InChI=1S/C27H33N3O3S/c1-3-33-23-13-9-8-10-19(23)17-30-25(31)22-16-24-21(14-15-34-24)29(22)18-27(30,2)26(32)28-20-11-6-4-5-7-12-20/h8-10,13-16,20H,3-7,11-12,17-18H2,1-2H3,(H,28,32)/t27-/m1/s1. The van der Waals surface area contributed by atoms with E-state index < -0.39 is 5.54 Å². The highest BCUT2D eigenvalue weighted by molar-refractivity contribution is 7.17. The van der Waals surface area contributed by atoms with Gasteiger partial charge in [0.25, 0.3) is 5.91 Å². The van der Waals surface area contributed by atoms with Crippen LogP contribution >= 0.6 is 11.3 Å². The van der Waals surface area contributed by atoms with Crippen molar-refractivity contribution in [3.8, 4) is 5.75 Å². The van der Waals surface area contributed by atoms with Crippen LogP contribution < -0.4 is 10.1 Å². The maximum absolute atomic E-state index is 13.9. The van der Waals surface area contributed by atoms with Crippen LogP contribution in [0, 0.1) is 0 Å². The highest BCUT2D eigenvalue weighted by atomic mass is 32.1. The third-order valence-electron chi connectivity index (χ3n) is 7.33. The predicted octanol–water partition coefficient (Wildman–Crippen LogP) is 5.36. The summed E-state index contributed by atoms with van der Waals surface area (Å²) in [6.07, 6.45) is 6.75. The minimum absolute atomic E-state index is 0.0654. The first-order valence-electron chi connectivity index (χ1n) is 12.4. The van der Waals surface area contributed by atoms with E-state index >= 15 is 0 Å². The van der Waals surface area contributed by atoms with E-state index in [1.165, 1.54) is 12.8 Å². The molecule has 0 saturated heterocycles. The number of carbonyl (C=O) groups is 2. The Labute approximate surface area is 204 Å². The first-order valence-corrected chi connectivity index (χ1v) is 13.3. The van der Waals surface area contributed by atoms with Gasteiger partial charge in [-0.05, 0) is 50.3 Å². The number of aromatic nitrogens is 1. The highest BCUT2D eigenvalue weighted by Gasteiger charge is 2.48. The second-order valence-electron chi connectivity index (χ2n) is 9.65. The average molecular weight is 480 g/mol. The fourth-order valence-corrected chi connectivity index (χ4v) is 6.21. The van der Waals surface area contributed by atoms with Crippen molar-refractivity contribution in [2.75, 3.05) is 6.61 Å². The van der Waals surface area contributed by atoms with Gasteiger partial charge in [-0.1, -0.05) is 43.9 Å². The smallest absolute Gasteiger partial charge is 0.271 e. The number of carbonyl (C=O) groups excluding carboxylic acids is 2. The van der Waals surface area contributed by atoms with Crippen LogP contribution in [0.5, 0.6) is 5.75 Å². The molecule has 1 N–H and O–H groups in total. The van der Waals surface area contributed by atoms with Crippen molar-refractivity contribution in [1.82, 2.24) is 14.8 Å². The summed E-state index contributed by atoms with van der Waals surface area (Å²) in [6.45, 7) is 5.17. The molecule has 3 heterocycles. The minimum Gasteiger partial charge on any atom is -0.494 e. The van der Waals surface area contributed by atoms with Gasteiger partial charge in [0.2, 0.25) is 5.91 Å². The molecule has 7 heteroatoms. The lowest BCUT2D eigenvalue weighted by molar-refractivity contribution is -0.134. The normalized spacial score (nSPS) is 21.4. The van der Waals surface area contributed by atoms with Crippen LogP contribution in [0.3, 0.4) is 0 Å². The molecule has 2 aliphatic rings. The molecule has 1 saturated carbocycles. The number of hydrogen-bond acceptors (Lipinski definition) is 4. The number of thiophene rings is 1. The second-order valence-corrected chi connectivity index (χ2v) is 10.6. The molecule has 34 heavy (non-hydrogen) atoms. The number of nitrogens with zero attached hydrogens (tertiary/aromatic N) is 2. The molecular formula is C27H33N3O3S. The molecule has 0 bridgehead atoms. The van der Waals surface area contributed by atoms with E-state index in [0.717, 1.165) is 47.2 Å². The Morgan fingerprint density at radius 2 is 1.94 bits per heavy atom. The summed E-state index contributed by atoms with van der Waals surface area (Å²) in [5.74, 6) is 0.579. The molecule has 5 rings (SSSR count). The van der Waals surface area contributed by atoms with E-state index in [1.54, 1.807) is 16.2 Å². The van der Waals surface area contributed by atoms with Gasteiger partial charge >= 0.3 is 0 Å². The molecule has 2 aromatic heterocycles. The highest BCUT2D eigenvalue weighted by Crippen LogP contribution is 2.36. The van der Waals surface area contributed by atoms with Gasteiger partial charge in [0.05, 0.1) is 29.9 Å². The number of fused-ring (bicyclic) bond motifs is 3. The number of benzene rings is 1. The van der Waals surface area contributed by atoms with Crippen molar-refractivity contribution >= 4 is 33.4 Å². The first-order chi connectivity index (χ1) is 16.5. The minimum atomic E-state index is -1.01. The van der Waals surface area contributed by atoms with Gasteiger partial charge in [0.1, 0.15) is 17.0 Å². The van der Waals surface area contributed by atoms with E-state index in [0.29, 0.717) is 25.4 Å². The van der Waals surface area contributed by atoms with Crippen molar-refractivity contribution in [3.05, 3.63) is 53.0 Å². The van der Waals surface area contributed by atoms with Crippen molar-refractivity contribution in [1.29, 1.82) is 0 Å². The molecule has 1 fully saturated rings. The molecule has 2 amide bonds. The Bertz CT molecular complexity index is 1190. The number of ether oxygens (including phenoxy) is 1. The van der Waals surface area contributed by atoms with Gasteiger partial charge in [0.15, 0.2) is 0 Å². The Kier molecular flexibility index (Phi) is 6.38. The Morgan fingerprint density at radius 3 is 2.71 bits per heavy atom. The topological polar surface area (TPSA) is 63.6 Å². The number of rotatable bonds is 6. The summed E-state index contributed by atoms with van der Waals surface area (Å²) in [6, 6.07) is 12.0. The summed E-state index contributed by atoms with van der Waals surface area (Å²) < 4.78 is 8.95. The number of hydrogen-bond donors (Lipinski definition) is 1. The average Bonchev–Trinajstić information content (AvgIpc) is 3.32. The zero-order valence-corrected chi connectivity index (χ0v) is 20.8. The fraction of sp³-hybridized carbons (Fsp3) is 0.481. The fourth-order valence-electron chi connectivity index (χ4n) is 5.39. The number of nitrogens with one attached hydrogen (secondary N) is 1. The first kappa shape index (κ1) is 23.0. The van der Waals surface area contributed by atoms with Crippen molar-refractivity contribution in [3.63, 3.8) is 0 Å². The molecule has 6 nitrogen and oxygen atoms in total. The molecule has 1 aliphatic heterocycles. The Morgan fingerprint density at radius 1 is 1.18 bits per heavy atom. The lowest BCUT2D eigenvalue weighted by Gasteiger charge is -2.44. The quantitative estimate of drug-likeness (QED) is 0.485. The lowest BCUT2D eigenvalue weighted by atomic mass is 9.92. The molecule has 0 spiro atoms. The van der Waals surface area contributed by atoms with Crippen LogP contribution in [-0.4, -0.2) is 39.5 Å². The monoisotopic (exact) mass is 479 g/mol. The third kappa shape index (κ3) is 4.11. The van der Waals surface area contributed by atoms with Crippen LogP contribution in [-0.2, 0) is 17.9 Å². The van der Waals surface area contributed by atoms with E-state index in [9.17, 15) is 9.59 Å². The maximum Gasteiger partial charge on any atom is 0.271 e. The molecule has 0 radical (unpaired) electrons. The van der Waals surface area contributed by atoms with Crippen LogP contribution in [0.4, 0.5) is 0 Å². The molecule has 1 atom stereocenters. The number of amides is 2. The molecule has 180 valence electrons. The lowest BCUT2D eigenvalue weighted by Crippen LogP contribution is -2.64. The molecular weight excluding hydrogens is 446 g/mol. The van der Waals surface area contributed by atoms with Crippen LogP contribution in [0.1, 0.15) is 68.4 Å². The largest absolute Gasteiger partial charge is 0.494 e. The van der Waals surface area contributed by atoms with E-state index in [1.807, 2.05) is 60.2 Å². The van der Waals surface area contributed by atoms with Crippen molar-refractivity contribution in [2.45, 2.75) is 77.0 Å². The van der Waals surface area contributed by atoms with Gasteiger partial charge in [0, 0.05) is 11.6 Å². The predicted molar refractivity (Wildman–Crippen MR) is 135 cm³/mol. The van der Waals surface area contributed by atoms with Crippen LogP contribution in [0.25, 0.3) is 10.2 Å². The van der Waals surface area contributed by atoms with Gasteiger partial charge in [-0.25, -0.2) is 0 Å².